The summed E-state index contributed by atoms with van der Waals surface area (Å²) in [5.41, 5.74) is 1.68. The Balaban J connectivity index is 2.88. The van der Waals surface area contributed by atoms with Crippen molar-refractivity contribution in [3.63, 3.8) is 0 Å². The van der Waals surface area contributed by atoms with Crippen molar-refractivity contribution in [3.8, 4) is 0 Å². The van der Waals surface area contributed by atoms with Crippen LogP contribution in [0.15, 0.2) is 12.3 Å². The van der Waals surface area contributed by atoms with Crippen molar-refractivity contribution in [2.75, 3.05) is 0 Å². The fraction of sp³-hybridized carbons (Fsp3) is 0.500. The Morgan fingerprint density at radius 3 is 2.80 bits per heavy atom. The zero-order chi connectivity index (χ0) is 11.4. The summed E-state index contributed by atoms with van der Waals surface area (Å²) in [6.45, 7) is 3.81. The third-order valence-electron chi connectivity index (χ3n) is 2.24. The van der Waals surface area contributed by atoms with Crippen LogP contribution in [0.5, 0.6) is 0 Å². The van der Waals surface area contributed by atoms with E-state index in [2.05, 4.69) is 4.98 Å². The molecular weight excluding hydrogens is 216 g/mol. The topological polar surface area (TPSA) is 56.0 Å². The average molecular weight is 229 g/mol. The van der Waals surface area contributed by atoms with E-state index in [0.29, 0.717) is 6.42 Å². The van der Waals surface area contributed by atoms with Gasteiger partial charge in [0.05, 0.1) is 4.92 Å². The minimum atomic E-state index is -0.443. The summed E-state index contributed by atoms with van der Waals surface area (Å²) in [5.74, 6) is 0. The lowest BCUT2D eigenvalue weighted by Crippen LogP contribution is -2.05. The second-order valence-corrected chi connectivity index (χ2v) is 4.04. The number of nitro groups is 1. The van der Waals surface area contributed by atoms with Gasteiger partial charge in [-0.15, -0.1) is 11.6 Å². The van der Waals surface area contributed by atoms with E-state index in [-0.39, 0.29) is 11.1 Å². The van der Waals surface area contributed by atoms with E-state index in [1.165, 1.54) is 12.3 Å². The van der Waals surface area contributed by atoms with Gasteiger partial charge in [-0.25, -0.2) is 0 Å². The van der Waals surface area contributed by atoms with Gasteiger partial charge in [0, 0.05) is 23.6 Å². The van der Waals surface area contributed by atoms with Crippen LogP contribution in [0, 0.1) is 17.0 Å². The second kappa shape index (κ2) is 5.07. The molecule has 0 aliphatic heterocycles. The molecule has 0 bridgehead atoms. The van der Waals surface area contributed by atoms with Gasteiger partial charge in [-0.1, -0.05) is 6.92 Å². The predicted octanol–water partition coefficient (Wildman–Crippen LogP) is 2.86. The fourth-order valence-electron chi connectivity index (χ4n) is 1.26. The van der Waals surface area contributed by atoms with Crippen LogP contribution in [0.3, 0.4) is 0 Å². The van der Waals surface area contributed by atoms with Crippen LogP contribution < -0.4 is 0 Å². The molecule has 0 saturated heterocycles. The Labute approximate surface area is 93.4 Å². The van der Waals surface area contributed by atoms with Crippen molar-refractivity contribution in [2.24, 2.45) is 0 Å². The highest BCUT2D eigenvalue weighted by Crippen LogP contribution is 2.17. The van der Waals surface area contributed by atoms with Crippen LogP contribution in [-0.4, -0.2) is 15.3 Å². The first-order valence-corrected chi connectivity index (χ1v) is 5.22. The number of aryl methyl sites for hydroxylation is 1. The molecule has 0 N–H and O–H groups in total. The van der Waals surface area contributed by atoms with Gasteiger partial charge in [-0.3, -0.25) is 15.1 Å². The number of aromatic nitrogens is 1. The Hall–Kier alpha value is -1.16. The van der Waals surface area contributed by atoms with Gasteiger partial charge in [0.2, 0.25) is 0 Å². The Morgan fingerprint density at radius 1 is 1.67 bits per heavy atom. The van der Waals surface area contributed by atoms with E-state index in [4.69, 9.17) is 11.6 Å². The summed E-state index contributed by atoms with van der Waals surface area (Å²) >= 11 is 6.00. The van der Waals surface area contributed by atoms with Crippen LogP contribution in [0.2, 0.25) is 0 Å². The quantitative estimate of drug-likeness (QED) is 0.452. The van der Waals surface area contributed by atoms with Gasteiger partial charge in [-0.05, 0) is 18.9 Å². The standard InChI is InChI=1S/C10H13ClN2O2/c1-3-8(11)5-10-7(2)4-9(6-12-10)13(14)15/h4,6,8H,3,5H2,1-2H3. The highest BCUT2D eigenvalue weighted by atomic mass is 35.5. The summed E-state index contributed by atoms with van der Waals surface area (Å²) in [6, 6.07) is 1.53. The number of pyridine rings is 1. The molecule has 0 amide bonds. The maximum atomic E-state index is 10.5. The molecule has 5 heteroatoms. The van der Waals surface area contributed by atoms with Gasteiger partial charge >= 0.3 is 0 Å². The SMILES string of the molecule is CCC(Cl)Cc1ncc([N+](=O)[O-])cc1C. The molecule has 0 fully saturated rings. The molecule has 0 aliphatic carbocycles. The Kier molecular flexibility index (Phi) is 4.03. The van der Waals surface area contributed by atoms with E-state index in [1.54, 1.807) is 0 Å². The number of halogens is 1. The number of hydrogen-bond acceptors (Lipinski definition) is 3. The average Bonchev–Trinajstić information content (AvgIpc) is 2.20. The van der Waals surface area contributed by atoms with Crippen molar-refractivity contribution in [3.05, 3.63) is 33.6 Å². The molecular formula is C10H13ClN2O2. The van der Waals surface area contributed by atoms with Crippen LogP contribution in [0.1, 0.15) is 24.6 Å². The largest absolute Gasteiger partial charge is 0.287 e. The third kappa shape index (κ3) is 3.16. The summed E-state index contributed by atoms with van der Waals surface area (Å²) in [7, 11) is 0. The normalized spacial score (nSPS) is 12.5. The van der Waals surface area contributed by atoms with Crippen molar-refractivity contribution in [1.29, 1.82) is 0 Å². The molecule has 15 heavy (non-hydrogen) atoms. The zero-order valence-corrected chi connectivity index (χ0v) is 9.49. The smallest absolute Gasteiger partial charge is 0.258 e. The van der Waals surface area contributed by atoms with E-state index in [0.717, 1.165) is 17.7 Å². The lowest BCUT2D eigenvalue weighted by Gasteiger charge is -2.07. The molecule has 1 rings (SSSR count). The van der Waals surface area contributed by atoms with Crippen molar-refractivity contribution < 1.29 is 4.92 Å². The van der Waals surface area contributed by atoms with Gasteiger partial charge in [0.25, 0.3) is 5.69 Å². The van der Waals surface area contributed by atoms with Gasteiger partial charge < -0.3 is 0 Å². The summed E-state index contributed by atoms with van der Waals surface area (Å²) in [5, 5.41) is 10.5. The number of rotatable bonds is 4. The molecule has 0 saturated carbocycles. The lowest BCUT2D eigenvalue weighted by molar-refractivity contribution is -0.385. The van der Waals surface area contributed by atoms with E-state index < -0.39 is 4.92 Å². The van der Waals surface area contributed by atoms with Crippen LogP contribution in [0.4, 0.5) is 5.69 Å². The van der Waals surface area contributed by atoms with E-state index >= 15 is 0 Å². The van der Waals surface area contributed by atoms with Crippen molar-refractivity contribution in [2.45, 2.75) is 32.1 Å². The highest BCUT2D eigenvalue weighted by Gasteiger charge is 2.11. The highest BCUT2D eigenvalue weighted by molar-refractivity contribution is 6.20. The molecule has 0 aliphatic rings. The maximum absolute atomic E-state index is 10.5. The zero-order valence-electron chi connectivity index (χ0n) is 8.74. The Morgan fingerprint density at radius 2 is 2.33 bits per heavy atom. The lowest BCUT2D eigenvalue weighted by atomic mass is 10.1. The number of nitrogens with zero attached hydrogens (tertiary/aromatic N) is 2. The molecule has 1 aromatic heterocycles. The van der Waals surface area contributed by atoms with E-state index in [9.17, 15) is 10.1 Å². The molecule has 4 nitrogen and oxygen atoms in total. The third-order valence-corrected chi connectivity index (χ3v) is 2.70. The Bertz CT molecular complexity index is 368. The number of alkyl halides is 1. The molecule has 0 radical (unpaired) electrons. The molecule has 1 aromatic rings. The molecule has 1 atom stereocenters. The minimum absolute atomic E-state index is 0.0267. The maximum Gasteiger partial charge on any atom is 0.287 e. The summed E-state index contributed by atoms with van der Waals surface area (Å²) < 4.78 is 0. The van der Waals surface area contributed by atoms with Crippen molar-refractivity contribution >= 4 is 17.3 Å². The monoisotopic (exact) mass is 228 g/mol. The molecule has 0 aromatic carbocycles. The van der Waals surface area contributed by atoms with Gasteiger partial charge in [0.1, 0.15) is 6.20 Å². The minimum Gasteiger partial charge on any atom is -0.258 e. The fourth-order valence-corrected chi connectivity index (χ4v) is 1.40. The molecule has 0 spiro atoms. The first-order valence-electron chi connectivity index (χ1n) is 4.78. The summed E-state index contributed by atoms with van der Waals surface area (Å²) in [6.07, 6.45) is 2.79. The van der Waals surface area contributed by atoms with Crippen molar-refractivity contribution in [1.82, 2.24) is 4.98 Å². The van der Waals surface area contributed by atoms with Crippen LogP contribution in [0.25, 0.3) is 0 Å². The van der Waals surface area contributed by atoms with E-state index in [1.807, 2.05) is 13.8 Å². The predicted molar refractivity (Wildman–Crippen MR) is 59.3 cm³/mol. The molecule has 1 heterocycles. The first-order chi connectivity index (χ1) is 7.04. The molecule has 82 valence electrons. The summed E-state index contributed by atoms with van der Waals surface area (Å²) in [4.78, 5) is 14.1. The first kappa shape index (κ1) is 11.9. The van der Waals surface area contributed by atoms with Gasteiger partial charge in [0.15, 0.2) is 0 Å². The van der Waals surface area contributed by atoms with Gasteiger partial charge in [-0.2, -0.15) is 0 Å². The number of hydrogen-bond donors (Lipinski definition) is 0. The molecule has 1 unspecified atom stereocenters. The van der Waals surface area contributed by atoms with Crippen LogP contribution >= 0.6 is 11.6 Å². The second-order valence-electron chi connectivity index (χ2n) is 3.42. The van der Waals surface area contributed by atoms with Crippen LogP contribution in [-0.2, 0) is 6.42 Å².